The molecule has 0 aliphatic heterocycles. The van der Waals surface area contributed by atoms with Crippen molar-refractivity contribution in [2.24, 2.45) is 0 Å². The molecule has 0 unspecified atom stereocenters. The highest BCUT2D eigenvalue weighted by Gasteiger charge is 1.81. The Balaban J connectivity index is 2.45. The van der Waals surface area contributed by atoms with Crippen LogP contribution in [0.15, 0.2) is 0 Å². The molecule has 0 aromatic carbocycles. The maximum atomic E-state index is 8.02. The van der Waals surface area contributed by atoms with Crippen molar-refractivity contribution in [3.63, 3.8) is 0 Å². The molecule has 0 spiro atoms. The van der Waals surface area contributed by atoms with Gasteiger partial charge in [-0.2, -0.15) is 0 Å². The van der Waals surface area contributed by atoms with E-state index in [1.807, 2.05) is 7.05 Å². The van der Waals surface area contributed by atoms with E-state index in [2.05, 4.69) is 11.9 Å². The molecular weight excluding hydrogens is 90.1 g/mol. The van der Waals surface area contributed by atoms with Gasteiger partial charge in [-0.1, -0.05) is 0 Å². The molecule has 2 N–H and O–H groups in total. The van der Waals surface area contributed by atoms with Gasteiger partial charge in [-0.05, 0) is 26.4 Å². The number of hydrogen-bond acceptors (Lipinski definition) is 2. The lowest BCUT2D eigenvalue weighted by Gasteiger charge is -1.91. The Morgan fingerprint density at radius 1 is 1.71 bits per heavy atom. The summed E-state index contributed by atoms with van der Waals surface area (Å²) in [4.78, 5) is 0. The highest BCUT2D eigenvalue weighted by molar-refractivity contribution is 4.47. The summed E-state index contributed by atoms with van der Waals surface area (Å²) in [7, 11) is 1.89. The fraction of sp³-hybridized carbons (Fsp3) is 0.800. The van der Waals surface area contributed by atoms with E-state index in [0.717, 1.165) is 13.0 Å². The Morgan fingerprint density at radius 3 is 2.86 bits per heavy atom. The summed E-state index contributed by atoms with van der Waals surface area (Å²) in [5.74, 6) is 0. The zero-order valence-corrected chi connectivity index (χ0v) is 4.57. The van der Waals surface area contributed by atoms with Crippen LogP contribution in [0.5, 0.6) is 0 Å². The van der Waals surface area contributed by atoms with Crippen molar-refractivity contribution in [1.29, 1.82) is 0 Å². The van der Waals surface area contributed by atoms with Gasteiger partial charge in [-0.3, -0.25) is 0 Å². The quantitative estimate of drug-likeness (QED) is 0.502. The third-order valence-corrected chi connectivity index (χ3v) is 0.715. The van der Waals surface area contributed by atoms with Gasteiger partial charge in [0.1, 0.15) is 6.61 Å². The molecule has 0 rings (SSSR count). The highest BCUT2D eigenvalue weighted by atomic mass is 16.2. The molecule has 0 fully saturated rings. The molecule has 7 heavy (non-hydrogen) atoms. The van der Waals surface area contributed by atoms with E-state index in [-0.39, 0.29) is 0 Å². The van der Waals surface area contributed by atoms with Gasteiger partial charge in [-0.15, -0.1) is 0 Å². The first-order chi connectivity index (χ1) is 3.41. The Kier molecular flexibility index (Phi) is 5.85. The van der Waals surface area contributed by atoms with Gasteiger partial charge in [0, 0.05) is 0 Å². The van der Waals surface area contributed by atoms with Crippen molar-refractivity contribution >= 4 is 0 Å². The topological polar surface area (TPSA) is 32.3 Å². The average Bonchev–Trinajstić information content (AvgIpc) is 1.69. The van der Waals surface area contributed by atoms with E-state index in [1.165, 1.54) is 0 Å². The van der Waals surface area contributed by atoms with E-state index in [4.69, 9.17) is 5.11 Å². The number of aliphatic hydroxyl groups is 1. The Bertz CT molecular complexity index is 27.3. The lowest BCUT2D eigenvalue weighted by Crippen LogP contribution is -2.06. The van der Waals surface area contributed by atoms with E-state index < -0.39 is 0 Å². The summed E-state index contributed by atoms with van der Waals surface area (Å²) in [5.41, 5.74) is 0. The van der Waals surface area contributed by atoms with Crippen LogP contribution in [0, 0.1) is 6.61 Å². The highest BCUT2D eigenvalue weighted by Crippen LogP contribution is 1.85. The van der Waals surface area contributed by atoms with Crippen LogP contribution in [0.3, 0.4) is 0 Å². The molecule has 2 nitrogen and oxygen atoms in total. The van der Waals surface area contributed by atoms with Gasteiger partial charge in [0.25, 0.3) is 0 Å². The molecule has 2 radical (unpaired) electrons. The molecule has 0 saturated carbocycles. The second-order valence-electron chi connectivity index (χ2n) is 1.37. The molecule has 42 valence electrons. The molecule has 0 heterocycles. The SMILES string of the molecule is CNCCC[C]O. The lowest BCUT2D eigenvalue weighted by atomic mass is 10.3. The van der Waals surface area contributed by atoms with Crippen molar-refractivity contribution in [3.05, 3.63) is 6.61 Å². The van der Waals surface area contributed by atoms with Crippen LogP contribution in [-0.4, -0.2) is 18.7 Å². The predicted molar refractivity (Wildman–Crippen MR) is 28.3 cm³/mol. The van der Waals surface area contributed by atoms with Crippen LogP contribution < -0.4 is 5.32 Å². The van der Waals surface area contributed by atoms with Gasteiger partial charge in [0.15, 0.2) is 0 Å². The summed E-state index contributed by atoms with van der Waals surface area (Å²) >= 11 is 0. The largest absolute Gasteiger partial charge is 0.384 e. The van der Waals surface area contributed by atoms with Crippen molar-refractivity contribution < 1.29 is 5.11 Å². The fourth-order valence-electron chi connectivity index (χ4n) is 0.344. The molecule has 0 aromatic heterocycles. The lowest BCUT2D eigenvalue weighted by molar-refractivity contribution is 0.369. The van der Waals surface area contributed by atoms with E-state index in [0.29, 0.717) is 6.42 Å². The summed E-state index contributed by atoms with van der Waals surface area (Å²) in [6.45, 7) is 3.01. The first-order valence-corrected chi connectivity index (χ1v) is 2.43. The number of hydrogen-bond donors (Lipinski definition) is 2. The zero-order valence-electron chi connectivity index (χ0n) is 4.57. The minimum atomic E-state index is 0.668. The van der Waals surface area contributed by atoms with Crippen LogP contribution in [-0.2, 0) is 0 Å². The minimum absolute atomic E-state index is 0.668. The Hall–Kier alpha value is -0.0800. The number of rotatable bonds is 4. The fourth-order valence-corrected chi connectivity index (χ4v) is 0.344. The number of nitrogens with one attached hydrogen (secondary N) is 1. The molecule has 2 heteroatoms. The first kappa shape index (κ1) is 6.92. The maximum absolute atomic E-state index is 8.02. The van der Waals surface area contributed by atoms with Gasteiger partial charge in [-0.25, -0.2) is 0 Å². The van der Waals surface area contributed by atoms with Gasteiger partial charge >= 0.3 is 0 Å². The monoisotopic (exact) mass is 101 g/mol. The molecule has 0 bridgehead atoms. The summed E-state index contributed by atoms with van der Waals surface area (Å²) in [6.07, 6.45) is 1.63. The summed E-state index contributed by atoms with van der Waals surface area (Å²) < 4.78 is 0. The molecule has 0 aliphatic rings. The van der Waals surface area contributed by atoms with E-state index >= 15 is 0 Å². The second-order valence-corrected chi connectivity index (χ2v) is 1.37. The van der Waals surface area contributed by atoms with Crippen molar-refractivity contribution in [2.75, 3.05) is 13.6 Å². The Morgan fingerprint density at radius 2 is 2.43 bits per heavy atom. The molecule has 0 aromatic rings. The summed E-state index contributed by atoms with van der Waals surface area (Å²) in [5, 5.41) is 11.0. The third kappa shape index (κ3) is 5.92. The van der Waals surface area contributed by atoms with Crippen LogP contribution in [0.25, 0.3) is 0 Å². The minimum Gasteiger partial charge on any atom is -0.384 e. The van der Waals surface area contributed by atoms with Crippen LogP contribution in [0.1, 0.15) is 12.8 Å². The predicted octanol–water partition coefficient (Wildman–Crippen LogP) is 0.397. The molecular formula is C5H11NO. The molecule has 0 aliphatic carbocycles. The van der Waals surface area contributed by atoms with Crippen LogP contribution in [0.4, 0.5) is 0 Å². The smallest absolute Gasteiger partial charge is 0.128 e. The summed E-state index contributed by atoms with van der Waals surface area (Å²) in [6, 6.07) is 0. The number of unbranched alkanes of at least 4 members (excludes halogenated alkanes) is 1. The Labute approximate surface area is 44.5 Å². The van der Waals surface area contributed by atoms with E-state index in [1.54, 1.807) is 0 Å². The average molecular weight is 101 g/mol. The van der Waals surface area contributed by atoms with Gasteiger partial charge in [0.2, 0.25) is 0 Å². The zero-order chi connectivity index (χ0) is 5.54. The van der Waals surface area contributed by atoms with Crippen molar-refractivity contribution in [1.82, 2.24) is 5.32 Å². The van der Waals surface area contributed by atoms with Gasteiger partial charge < -0.3 is 10.4 Å². The van der Waals surface area contributed by atoms with Crippen molar-refractivity contribution in [3.8, 4) is 0 Å². The third-order valence-electron chi connectivity index (χ3n) is 0.715. The van der Waals surface area contributed by atoms with Crippen LogP contribution in [0.2, 0.25) is 0 Å². The van der Waals surface area contributed by atoms with Gasteiger partial charge in [0.05, 0.1) is 0 Å². The normalized spacial score (nSPS) is 9.43. The molecule has 0 atom stereocenters. The molecule has 0 amide bonds. The molecule has 0 saturated heterocycles. The standard InChI is InChI=1S/C5H11NO/c1-6-4-2-3-5-7/h6-7H,2-4H2,1H3. The first-order valence-electron chi connectivity index (χ1n) is 2.43. The maximum Gasteiger partial charge on any atom is 0.128 e. The van der Waals surface area contributed by atoms with E-state index in [9.17, 15) is 0 Å². The van der Waals surface area contributed by atoms with Crippen LogP contribution >= 0.6 is 0 Å². The number of aliphatic hydroxyl groups excluding tert-OH is 1. The second kappa shape index (κ2) is 5.92. The van der Waals surface area contributed by atoms with Crippen molar-refractivity contribution in [2.45, 2.75) is 12.8 Å².